The molecule has 2 rings (SSSR count). The lowest BCUT2D eigenvalue weighted by atomic mass is 10.2. The third-order valence-electron chi connectivity index (χ3n) is 3.00. The van der Waals surface area contributed by atoms with Gasteiger partial charge >= 0.3 is 0 Å². The molecule has 2 aromatic rings. The fourth-order valence-electron chi connectivity index (χ4n) is 1.88. The summed E-state index contributed by atoms with van der Waals surface area (Å²) in [5, 5.41) is 12.5. The number of nitrogens with one attached hydrogen (secondary N) is 1. The van der Waals surface area contributed by atoms with Crippen LogP contribution >= 0.6 is 11.8 Å². The van der Waals surface area contributed by atoms with Gasteiger partial charge in [0.05, 0.1) is 0 Å². The van der Waals surface area contributed by atoms with Gasteiger partial charge in [0.25, 0.3) is 0 Å². The van der Waals surface area contributed by atoms with Crippen molar-refractivity contribution in [2.24, 2.45) is 0 Å². The minimum Gasteiger partial charge on any atom is -0.310 e. The van der Waals surface area contributed by atoms with Crippen molar-refractivity contribution in [3.63, 3.8) is 0 Å². The Morgan fingerprint density at radius 1 is 1.29 bits per heavy atom. The Kier molecular flexibility index (Phi) is 5.79. The monoisotopic (exact) mass is 297 g/mol. The molecular formula is C17H19N3S. The Labute approximate surface area is 130 Å². The Morgan fingerprint density at radius 3 is 2.90 bits per heavy atom. The zero-order valence-electron chi connectivity index (χ0n) is 12.3. The average Bonchev–Trinajstić information content (AvgIpc) is 2.51. The molecule has 0 atom stereocenters. The van der Waals surface area contributed by atoms with Crippen LogP contribution in [0.2, 0.25) is 0 Å². The zero-order valence-corrected chi connectivity index (χ0v) is 13.2. The standard InChI is InChI=1S/C17H19N3S/c1-13(2)20-11-14-5-3-7-16(9-14)21-12-15-6-4-8-19-17(15)10-18/h3-9,13,20H,11-12H2,1-2H3. The van der Waals surface area contributed by atoms with Crippen molar-refractivity contribution in [2.45, 2.75) is 37.1 Å². The molecule has 108 valence electrons. The molecule has 1 heterocycles. The van der Waals surface area contributed by atoms with E-state index in [1.54, 1.807) is 18.0 Å². The van der Waals surface area contributed by atoms with E-state index in [1.165, 1.54) is 10.5 Å². The van der Waals surface area contributed by atoms with Gasteiger partial charge in [0.15, 0.2) is 0 Å². The fourth-order valence-corrected chi connectivity index (χ4v) is 2.85. The van der Waals surface area contributed by atoms with Gasteiger partial charge in [-0.25, -0.2) is 4.98 Å². The lowest BCUT2D eigenvalue weighted by Gasteiger charge is -2.09. The highest BCUT2D eigenvalue weighted by molar-refractivity contribution is 7.98. The van der Waals surface area contributed by atoms with Crippen LogP contribution in [0, 0.1) is 11.3 Å². The maximum Gasteiger partial charge on any atom is 0.144 e. The van der Waals surface area contributed by atoms with E-state index in [0.29, 0.717) is 11.7 Å². The summed E-state index contributed by atoms with van der Waals surface area (Å²) >= 11 is 1.73. The van der Waals surface area contributed by atoms with Crippen LogP contribution in [-0.2, 0) is 12.3 Å². The zero-order chi connectivity index (χ0) is 15.1. The van der Waals surface area contributed by atoms with Gasteiger partial charge in [-0.1, -0.05) is 32.0 Å². The van der Waals surface area contributed by atoms with Crippen molar-refractivity contribution in [2.75, 3.05) is 0 Å². The van der Waals surface area contributed by atoms with E-state index in [2.05, 4.69) is 54.5 Å². The number of nitrogens with zero attached hydrogens (tertiary/aromatic N) is 2. The Hall–Kier alpha value is -1.83. The second-order valence-electron chi connectivity index (χ2n) is 5.09. The molecule has 1 N–H and O–H groups in total. The normalized spacial score (nSPS) is 10.6. The molecule has 0 fully saturated rings. The second kappa shape index (κ2) is 7.82. The van der Waals surface area contributed by atoms with E-state index >= 15 is 0 Å². The number of aromatic nitrogens is 1. The summed E-state index contributed by atoms with van der Waals surface area (Å²) < 4.78 is 0. The number of hydrogen-bond donors (Lipinski definition) is 1. The lowest BCUT2D eigenvalue weighted by Crippen LogP contribution is -2.21. The third-order valence-corrected chi connectivity index (χ3v) is 4.05. The first kappa shape index (κ1) is 15.6. The van der Waals surface area contributed by atoms with E-state index in [0.717, 1.165) is 17.9 Å². The van der Waals surface area contributed by atoms with Crippen LogP contribution in [0.5, 0.6) is 0 Å². The van der Waals surface area contributed by atoms with Crippen molar-refractivity contribution in [3.8, 4) is 6.07 Å². The molecule has 0 bridgehead atoms. The predicted molar refractivity (Wildman–Crippen MR) is 86.9 cm³/mol. The van der Waals surface area contributed by atoms with Gasteiger partial charge in [0, 0.05) is 29.4 Å². The lowest BCUT2D eigenvalue weighted by molar-refractivity contribution is 0.588. The van der Waals surface area contributed by atoms with Crippen LogP contribution in [0.3, 0.4) is 0 Å². The molecule has 0 saturated carbocycles. The molecule has 3 nitrogen and oxygen atoms in total. The summed E-state index contributed by atoms with van der Waals surface area (Å²) in [4.78, 5) is 5.31. The largest absolute Gasteiger partial charge is 0.310 e. The summed E-state index contributed by atoms with van der Waals surface area (Å²) in [7, 11) is 0. The summed E-state index contributed by atoms with van der Waals surface area (Å²) in [5.74, 6) is 0.762. The quantitative estimate of drug-likeness (QED) is 0.825. The van der Waals surface area contributed by atoms with Gasteiger partial charge in [0.2, 0.25) is 0 Å². The summed E-state index contributed by atoms with van der Waals surface area (Å²) in [5.41, 5.74) is 2.78. The van der Waals surface area contributed by atoms with Crippen LogP contribution in [0.1, 0.15) is 30.7 Å². The second-order valence-corrected chi connectivity index (χ2v) is 6.14. The van der Waals surface area contributed by atoms with Crippen LogP contribution in [0.15, 0.2) is 47.5 Å². The van der Waals surface area contributed by atoms with Crippen LogP contribution in [0.4, 0.5) is 0 Å². The Bertz CT molecular complexity index is 632. The molecular weight excluding hydrogens is 278 g/mol. The average molecular weight is 297 g/mol. The minimum absolute atomic E-state index is 0.481. The van der Waals surface area contributed by atoms with E-state index in [4.69, 9.17) is 5.26 Å². The molecule has 0 aliphatic carbocycles. The first-order valence-electron chi connectivity index (χ1n) is 6.98. The molecule has 0 spiro atoms. The molecule has 0 radical (unpaired) electrons. The van der Waals surface area contributed by atoms with Crippen LogP contribution in [-0.4, -0.2) is 11.0 Å². The highest BCUT2D eigenvalue weighted by Crippen LogP contribution is 2.24. The van der Waals surface area contributed by atoms with Crippen molar-refractivity contribution in [3.05, 3.63) is 59.4 Å². The first-order chi connectivity index (χ1) is 10.2. The van der Waals surface area contributed by atoms with Crippen molar-refractivity contribution < 1.29 is 0 Å². The van der Waals surface area contributed by atoms with E-state index in [9.17, 15) is 0 Å². The third kappa shape index (κ3) is 4.89. The maximum atomic E-state index is 9.05. The van der Waals surface area contributed by atoms with Gasteiger partial charge in [0.1, 0.15) is 11.8 Å². The molecule has 0 saturated heterocycles. The minimum atomic E-state index is 0.481. The number of hydrogen-bond acceptors (Lipinski definition) is 4. The maximum absolute atomic E-state index is 9.05. The molecule has 0 amide bonds. The molecule has 0 aliphatic rings. The highest BCUT2D eigenvalue weighted by atomic mass is 32.2. The SMILES string of the molecule is CC(C)NCc1cccc(SCc2cccnc2C#N)c1. The van der Waals surface area contributed by atoms with Gasteiger partial charge in [-0.2, -0.15) is 5.26 Å². The predicted octanol–water partition coefficient (Wildman–Crippen LogP) is 3.74. The number of nitriles is 1. The van der Waals surface area contributed by atoms with Gasteiger partial charge in [-0.05, 0) is 29.3 Å². The van der Waals surface area contributed by atoms with Crippen molar-refractivity contribution in [1.82, 2.24) is 10.3 Å². The summed E-state index contributed by atoms with van der Waals surface area (Å²) in [6.45, 7) is 5.16. The Balaban J connectivity index is 2.00. The fraction of sp³-hybridized carbons (Fsp3) is 0.294. The van der Waals surface area contributed by atoms with Gasteiger partial charge in [-0.3, -0.25) is 0 Å². The van der Waals surface area contributed by atoms with Crippen LogP contribution < -0.4 is 5.32 Å². The number of rotatable bonds is 6. The molecule has 1 aromatic heterocycles. The van der Waals surface area contributed by atoms with E-state index in [1.807, 2.05) is 12.1 Å². The number of benzene rings is 1. The summed E-state index contributed by atoms with van der Waals surface area (Å²) in [6.07, 6.45) is 1.66. The molecule has 21 heavy (non-hydrogen) atoms. The van der Waals surface area contributed by atoms with Crippen molar-refractivity contribution >= 4 is 11.8 Å². The Morgan fingerprint density at radius 2 is 2.14 bits per heavy atom. The molecule has 4 heteroatoms. The molecule has 0 unspecified atom stereocenters. The summed E-state index contributed by atoms with van der Waals surface area (Å²) in [6, 6.07) is 15.0. The smallest absolute Gasteiger partial charge is 0.144 e. The first-order valence-corrected chi connectivity index (χ1v) is 7.96. The molecule has 1 aromatic carbocycles. The van der Waals surface area contributed by atoms with Gasteiger partial charge < -0.3 is 5.32 Å². The highest BCUT2D eigenvalue weighted by Gasteiger charge is 2.04. The van der Waals surface area contributed by atoms with Crippen molar-refractivity contribution in [1.29, 1.82) is 5.26 Å². The van der Waals surface area contributed by atoms with E-state index in [-0.39, 0.29) is 0 Å². The van der Waals surface area contributed by atoms with Gasteiger partial charge in [-0.15, -0.1) is 11.8 Å². The number of thioether (sulfide) groups is 1. The van der Waals surface area contributed by atoms with Crippen LogP contribution in [0.25, 0.3) is 0 Å². The van der Waals surface area contributed by atoms with E-state index < -0.39 is 0 Å². The number of pyridine rings is 1. The molecule has 0 aliphatic heterocycles. The topological polar surface area (TPSA) is 48.7 Å².